The van der Waals surface area contributed by atoms with Gasteiger partial charge in [0.15, 0.2) is 0 Å². The molecule has 0 aliphatic carbocycles. The monoisotopic (exact) mass is 214 g/mol. The largest absolute Gasteiger partial charge is 0.304 e. The Morgan fingerprint density at radius 3 is 2.27 bits per heavy atom. The van der Waals surface area contributed by atoms with Gasteiger partial charge in [0, 0.05) is 32.2 Å². The van der Waals surface area contributed by atoms with E-state index in [1.807, 2.05) is 6.92 Å². The quantitative estimate of drug-likeness (QED) is 0.369. The fourth-order valence-corrected chi connectivity index (χ4v) is 1.90. The first-order valence-corrected chi connectivity index (χ1v) is 5.49. The number of piperazine rings is 1. The molecule has 1 aliphatic rings. The van der Waals surface area contributed by atoms with Crippen LogP contribution in [0.2, 0.25) is 0 Å². The topological polar surface area (TPSA) is 61.6 Å². The van der Waals surface area contributed by atoms with Gasteiger partial charge in [-0.3, -0.25) is 15.1 Å². The molecular weight excluding hydrogens is 192 g/mol. The van der Waals surface area contributed by atoms with Crippen LogP contribution < -0.4 is 11.3 Å². The lowest BCUT2D eigenvalue weighted by Crippen LogP contribution is -2.52. The first kappa shape index (κ1) is 12.4. The fourth-order valence-electron chi connectivity index (χ4n) is 1.90. The zero-order valence-corrected chi connectivity index (χ0v) is 9.86. The predicted octanol–water partition coefficient (Wildman–Crippen LogP) is -0.752. The van der Waals surface area contributed by atoms with Gasteiger partial charge in [0.1, 0.15) is 0 Å². The molecule has 0 bridgehead atoms. The van der Waals surface area contributed by atoms with Crippen molar-refractivity contribution in [3.8, 4) is 0 Å². The zero-order valence-electron chi connectivity index (χ0n) is 9.86. The summed E-state index contributed by atoms with van der Waals surface area (Å²) in [6.07, 6.45) is 0. The molecule has 88 valence electrons. The molecule has 1 fully saturated rings. The number of rotatable bonds is 3. The van der Waals surface area contributed by atoms with E-state index in [1.54, 1.807) is 0 Å². The van der Waals surface area contributed by atoms with Crippen molar-refractivity contribution in [2.45, 2.75) is 19.9 Å². The van der Waals surface area contributed by atoms with Crippen LogP contribution in [0.5, 0.6) is 0 Å². The molecule has 0 aromatic carbocycles. The van der Waals surface area contributed by atoms with Crippen LogP contribution in [0, 0.1) is 5.92 Å². The highest BCUT2D eigenvalue weighted by Gasteiger charge is 2.26. The van der Waals surface area contributed by atoms with Gasteiger partial charge in [0.25, 0.3) is 0 Å². The Bertz CT molecular complexity index is 213. The van der Waals surface area contributed by atoms with Crippen LogP contribution in [0.25, 0.3) is 0 Å². The molecule has 2 atom stereocenters. The maximum absolute atomic E-state index is 11.4. The molecule has 1 heterocycles. The normalized spacial score (nSPS) is 23.5. The molecule has 0 spiro atoms. The number of likely N-dealkylation sites (N-methyl/N-ethyl adjacent to an activating group) is 1. The van der Waals surface area contributed by atoms with Gasteiger partial charge in [-0.25, -0.2) is 5.84 Å². The van der Waals surface area contributed by atoms with E-state index in [0.717, 1.165) is 26.2 Å². The highest BCUT2D eigenvalue weighted by Crippen LogP contribution is 2.13. The van der Waals surface area contributed by atoms with Gasteiger partial charge in [-0.2, -0.15) is 0 Å². The lowest BCUT2D eigenvalue weighted by molar-refractivity contribution is -0.126. The number of carbonyl (C=O) groups excluding carboxylic acids is 1. The minimum atomic E-state index is -0.0820. The van der Waals surface area contributed by atoms with E-state index in [1.165, 1.54) is 0 Å². The average molecular weight is 214 g/mol. The van der Waals surface area contributed by atoms with Gasteiger partial charge in [-0.1, -0.05) is 6.92 Å². The number of hydrogen-bond donors (Lipinski definition) is 2. The molecular formula is C10H22N4O. The summed E-state index contributed by atoms with van der Waals surface area (Å²) in [5, 5.41) is 0. The third-order valence-corrected chi connectivity index (χ3v) is 3.39. The average Bonchev–Trinajstić information content (AvgIpc) is 2.27. The van der Waals surface area contributed by atoms with Crippen molar-refractivity contribution >= 4 is 5.91 Å². The van der Waals surface area contributed by atoms with E-state index in [-0.39, 0.29) is 17.9 Å². The van der Waals surface area contributed by atoms with Crippen LogP contribution in [0.15, 0.2) is 0 Å². The van der Waals surface area contributed by atoms with Crippen molar-refractivity contribution in [3.63, 3.8) is 0 Å². The number of nitrogens with one attached hydrogen (secondary N) is 1. The maximum atomic E-state index is 11.4. The van der Waals surface area contributed by atoms with Crippen LogP contribution in [0.3, 0.4) is 0 Å². The van der Waals surface area contributed by atoms with E-state index in [0.29, 0.717) is 0 Å². The summed E-state index contributed by atoms with van der Waals surface area (Å²) in [7, 11) is 2.12. The van der Waals surface area contributed by atoms with E-state index >= 15 is 0 Å². The Morgan fingerprint density at radius 1 is 1.27 bits per heavy atom. The van der Waals surface area contributed by atoms with E-state index in [9.17, 15) is 4.79 Å². The van der Waals surface area contributed by atoms with Crippen LogP contribution >= 0.6 is 0 Å². The number of hydrazine groups is 1. The Labute approximate surface area is 91.6 Å². The molecule has 5 heteroatoms. The van der Waals surface area contributed by atoms with Crippen LogP contribution in [-0.2, 0) is 4.79 Å². The molecule has 1 amide bonds. The third kappa shape index (κ3) is 3.15. The fraction of sp³-hybridized carbons (Fsp3) is 0.900. The lowest BCUT2D eigenvalue weighted by atomic mass is 10.0. The number of hydrogen-bond acceptors (Lipinski definition) is 4. The molecule has 2 unspecified atom stereocenters. The molecule has 1 rings (SSSR count). The van der Waals surface area contributed by atoms with Crippen molar-refractivity contribution in [2.75, 3.05) is 33.2 Å². The summed E-state index contributed by atoms with van der Waals surface area (Å²) in [6, 6.07) is 0.252. The molecule has 1 saturated heterocycles. The summed E-state index contributed by atoms with van der Waals surface area (Å²) < 4.78 is 0. The smallest absolute Gasteiger partial charge is 0.238 e. The molecule has 5 nitrogen and oxygen atoms in total. The predicted molar refractivity (Wildman–Crippen MR) is 60.0 cm³/mol. The van der Waals surface area contributed by atoms with Gasteiger partial charge >= 0.3 is 0 Å². The SMILES string of the molecule is CC(C(=O)NN)C(C)N1CCN(C)CC1. The van der Waals surface area contributed by atoms with Gasteiger partial charge in [0.2, 0.25) is 5.91 Å². The summed E-state index contributed by atoms with van der Waals surface area (Å²) in [6.45, 7) is 8.21. The first-order chi connectivity index (χ1) is 7.06. The lowest BCUT2D eigenvalue weighted by Gasteiger charge is -2.38. The van der Waals surface area contributed by atoms with E-state index < -0.39 is 0 Å². The van der Waals surface area contributed by atoms with Gasteiger partial charge in [-0.05, 0) is 14.0 Å². The number of amides is 1. The minimum Gasteiger partial charge on any atom is -0.304 e. The van der Waals surface area contributed by atoms with Crippen LogP contribution in [0.4, 0.5) is 0 Å². The summed E-state index contributed by atoms with van der Waals surface area (Å²) in [5.41, 5.74) is 2.22. The summed E-state index contributed by atoms with van der Waals surface area (Å²) in [5.74, 6) is 5.00. The van der Waals surface area contributed by atoms with Crippen molar-refractivity contribution in [1.29, 1.82) is 0 Å². The van der Waals surface area contributed by atoms with Gasteiger partial charge < -0.3 is 4.90 Å². The molecule has 0 aromatic rings. The second kappa shape index (κ2) is 5.44. The van der Waals surface area contributed by atoms with Crippen molar-refractivity contribution in [2.24, 2.45) is 11.8 Å². The van der Waals surface area contributed by atoms with E-state index in [2.05, 4.69) is 29.2 Å². The molecule has 0 saturated carbocycles. The second-order valence-electron chi connectivity index (χ2n) is 4.38. The number of nitrogens with two attached hydrogens (primary N) is 1. The maximum Gasteiger partial charge on any atom is 0.238 e. The number of nitrogens with zero attached hydrogens (tertiary/aromatic N) is 2. The third-order valence-electron chi connectivity index (χ3n) is 3.39. The van der Waals surface area contributed by atoms with Gasteiger partial charge in [0.05, 0.1) is 5.92 Å². The molecule has 15 heavy (non-hydrogen) atoms. The summed E-state index contributed by atoms with van der Waals surface area (Å²) >= 11 is 0. The Kier molecular flexibility index (Phi) is 4.50. The van der Waals surface area contributed by atoms with Crippen molar-refractivity contribution in [3.05, 3.63) is 0 Å². The zero-order chi connectivity index (χ0) is 11.4. The molecule has 1 aliphatic heterocycles. The summed E-state index contributed by atoms with van der Waals surface area (Å²) in [4.78, 5) is 16.0. The number of carbonyl (C=O) groups is 1. The molecule has 3 N–H and O–H groups in total. The Morgan fingerprint density at radius 2 is 1.80 bits per heavy atom. The highest BCUT2D eigenvalue weighted by molar-refractivity contribution is 5.78. The Hall–Kier alpha value is -0.650. The van der Waals surface area contributed by atoms with Crippen LogP contribution in [0.1, 0.15) is 13.8 Å². The van der Waals surface area contributed by atoms with Gasteiger partial charge in [-0.15, -0.1) is 0 Å². The van der Waals surface area contributed by atoms with Crippen molar-refractivity contribution in [1.82, 2.24) is 15.2 Å². The van der Waals surface area contributed by atoms with Crippen molar-refractivity contribution < 1.29 is 4.79 Å². The standard InChI is InChI=1S/C10H22N4O/c1-8(10(15)12-11)9(2)14-6-4-13(3)5-7-14/h8-9H,4-7,11H2,1-3H3,(H,12,15). The molecule has 0 aromatic heterocycles. The minimum absolute atomic E-state index is 0.0570. The van der Waals surface area contributed by atoms with E-state index in [4.69, 9.17) is 5.84 Å². The Balaban J connectivity index is 2.45. The first-order valence-electron chi connectivity index (χ1n) is 5.49. The molecule has 0 radical (unpaired) electrons. The van der Waals surface area contributed by atoms with Crippen LogP contribution in [-0.4, -0.2) is 55.0 Å². The highest BCUT2D eigenvalue weighted by atomic mass is 16.2. The second-order valence-corrected chi connectivity index (χ2v) is 4.38.